The Morgan fingerprint density at radius 2 is 2.14 bits per heavy atom. The lowest BCUT2D eigenvalue weighted by Crippen LogP contribution is -2.28. The lowest BCUT2D eigenvalue weighted by Gasteiger charge is -2.23. The average Bonchev–Trinajstić information content (AvgIpc) is 3.05. The van der Waals surface area contributed by atoms with Gasteiger partial charge in [-0.3, -0.25) is 0 Å². The fraction of sp³-hybridized carbons (Fsp3) is 0.467. The van der Waals surface area contributed by atoms with E-state index in [0.29, 0.717) is 11.7 Å². The van der Waals surface area contributed by atoms with Crippen LogP contribution >= 0.6 is 11.8 Å². The number of fused-ring (bicyclic) bond motifs is 1. The van der Waals surface area contributed by atoms with Gasteiger partial charge in [0.2, 0.25) is 11.7 Å². The van der Waals surface area contributed by atoms with Crippen LogP contribution in [-0.4, -0.2) is 28.3 Å². The van der Waals surface area contributed by atoms with Crippen molar-refractivity contribution in [2.45, 2.75) is 25.1 Å². The summed E-state index contributed by atoms with van der Waals surface area (Å²) in [4.78, 5) is 4.55. The van der Waals surface area contributed by atoms with E-state index in [1.165, 1.54) is 11.1 Å². The molecule has 0 spiro atoms. The Labute approximate surface area is 127 Å². The van der Waals surface area contributed by atoms with Gasteiger partial charge in [-0.2, -0.15) is 16.7 Å². The van der Waals surface area contributed by atoms with Gasteiger partial charge in [-0.05, 0) is 17.5 Å². The Balaban J connectivity index is 1.51. The summed E-state index contributed by atoms with van der Waals surface area (Å²) in [7, 11) is 0. The Hall–Kier alpha value is -1.37. The summed E-state index contributed by atoms with van der Waals surface area (Å²) in [6.07, 6.45) is 0.857. The standard InChI is InChI=1S/C15H17N3O2S/c1-2-4-11-8-16-12(7-10(11)3-1)15-17-14(18-20-15)13-9-21-6-5-19-13/h1-4,12-13,16H,5-9H2. The van der Waals surface area contributed by atoms with E-state index in [-0.39, 0.29) is 12.1 Å². The monoisotopic (exact) mass is 303 g/mol. The first-order chi connectivity index (χ1) is 10.4. The molecule has 2 unspecified atom stereocenters. The Bertz CT molecular complexity index is 625. The van der Waals surface area contributed by atoms with Crippen LogP contribution in [0, 0.1) is 0 Å². The normalized spacial score (nSPS) is 25.5. The summed E-state index contributed by atoms with van der Waals surface area (Å²) in [5.41, 5.74) is 2.70. The molecule has 0 aliphatic carbocycles. The molecular weight excluding hydrogens is 286 g/mol. The number of aromatic nitrogens is 2. The van der Waals surface area contributed by atoms with Gasteiger partial charge in [-0.25, -0.2) is 0 Å². The third kappa shape index (κ3) is 2.71. The highest BCUT2D eigenvalue weighted by atomic mass is 32.2. The van der Waals surface area contributed by atoms with Crippen LogP contribution in [0.3, 0.4) is 0 Å². The molecule has 5 nitrogen and oxygen atoms in total. The Morgan fingerprint density at radius 1 is 1.24 bits per heavy atom. The maximum atomic E-state index is 5.69. The molecule has 1 saturated heterocycles. The summed E-state index contributed by atoms with van der Waals surface area (Å²) in [6.45, 7) is 1.60. The first kappa shape index (κ1) is 13.3. The number of hydrogen-bond acceptors (Lipinski definition) is 6. The number of rotatable bonds is 2. The topological polar surface area (TPSA) is 60.2 Å². The van der Waals surface area contributed by atoms with E-state index in [2.05, 4.69) is 39.7 Å². The molecule has 2 aliphatic rings. The molecule has 4 rings (SSSR count). The van der Waals surface area contributed by atoms with Gasteiger partial charge in [0.05, 0.1) is 12.6 Å². The van der Waals surface area contributed by atoms with E-state index in [0.717, 1.165) is 31.1 Å². The Kier molecular flexibility index (Phi) is 3.67. The lowest BCUT2D eigenvalue weighted by molar-refractivity contribution is 0.0677. The van der Waals surface area contributed by atoms with Crippen LogP contribution in [-0.2, 0) is 17.7 Å². The zero-order valence-corrected chi connectivity index (χ0v) is 12.4. The van der Waals surface area contributed by atoms with Gasteiger partial charge in [-0.1, -0.05) is 29.4 Å². The minimum atomic E-state index is -0.0304. The molecule has 1 N–H and O–H groups in total. The molecule has 2 aromatic rings. The predicted octanol–water partition coefficient (Wildman–Crippen LogP) is 2.26. The van der Waals surface area contributed by atoms with Crippen molar-refractivity contribution in [1.29, 1.82) is 0 Å². The molecule has 0 radical (unpaired) electrons. The average molecular weight is 303 g/mol. The van der Waals surface area contributed by atoms with E-state index in [9.17, 15) is 0 Å². The zero-order chi connectivity index (χ0) is 14.1. The van der Waals surface area contributed by atoms with E-state index in [1.807, 2.05) is 11.8 Å². The lowest BCUT2D eigenvalue weighted by atomic mass is 9.96. The Morgan fingerprint density at radius 3 is 3.00 bits per heavy atom. The summed E-state index contributed by atoms with van der Waals surface area (Å²) < 4.78 is 11.2. The summed E-state index contributed by atoms with van der Waals surface area (Å²) in [5.74, 6) is 3.29. The van der Waals surface area contributed by atoms with E-state index in [1.54, 1.807) is 0 Å². The number of ether oxygens (including phenoxy) is 1. The van der Waals surface area contributed by atoms with Crippen molar-refractivity contribution < 1.29 is 9.26 Å². The molecule has 0 saturated carbocycles. The van der Waals surface area contributed by atoms with Crippen molar-refractivity contribution in [3.8, 4) is 0 Å². The van der Waals surface area contributed by atoms with Crippen LogP contribution in [0.5, 0.6) is 0 Å². The van der Waals surface area contributed by atoms with Crippen LogP contribution in [0.4, 0.5) is 0 Å². The highest BCUT2D eigenvalue weighted by Gasteiger charge is 2.27. The first-order valence-corrected chi connectivity index (χ1v) is 8.38. The highest BCUT2D eigenvalue weighted by Crippen LogP contribution is 2.28. The highest BCUT2D eigenvalue weighted by molar-refractivity contribution is 7.99. The van der Waals surface area contributed by atoms with Gasteiger partial charge in [-0.15, -0.1) is 0 Å². The van der Waals surface area contributed by atoms with E-state index < -0.39 is 0 Å². The number of nitrogens with one attached hydrogen (secondary N) is 1. The second-order valence-electron chi connectivity index (χ2n) is 5.33. The van der Waals surface area contributed by atoms with Crippen LogP contribution in [0.1, 0.15) is 35.0 Å². The second-order valence-corrected chi connectivity index (χ2v) is 6.48. The van der Waals surface area contributed by atoms with Gasteiger partial charge in [0.25, 0.3) is 0 Å². The molecule has 0 bridgehead atoms. The molecule has 1 aromatic heterocycles. The van der Waals surface area contributed by atoms with Crippen LogP contribution in [0.2, 0.25) is 0 Å². The van der Waals surface area contributed by atoms with Crippen molar-refractivity contribution in [3.63, 3.8) is 0 Å². The minimum Gasteiger partial charge on any atom is -0.368 e. The van der Waals surface area contributed by atoms with E-state index in [4.69, 9.17) is 9.26 Å². The summed E-state index contributed by atoms with van der Waals surface area (Å²) in [6, 6.07) is 8.57. The molecule has 2 aliphatic heterocycles. The summed E-state index contributed by atoms with van der Waals surface area (Å²) >= 11 is 1.87. The molecule has 1 aromatic carbocycles. The van der Waals surface area contributed by atoms with Crippen LogP contribution < -0.4 is 5.32 Å². The maximum absolute atomic E-state index is 5.69. The van der Waals surface area contributed by atoms with Crippen molar-refractivity contribution in [3.05, 3.63) is 47.1 Å². The molecule has 0 amide bonds. The first-order valence-electron chi connectivity index (χ1n) is 7.23. The molecule has 1 fully saturated rings. The zero-order valence-electron chi connectivity index (χ0n) is 11.6. The fourth-order valence-electron chi connectivity index (χ4n) is 2.79. The van der Waals surface area contributed by atoms with E-state index >= 15 is 0 Å². The third-order valence-electron chi connectivity index (χ3n) is 3.94. The molecule has 21 heavy (non-hydrogen) atoms. The third-order valence-corrected chi connectivity index (χ3v) is 4.93. The van der Waals surface area contributed by atoms with Crippen molar-refractivity contribution in [2.75, 3.05) is 18.1 Å². The smallest absolute Gasteiger partial charge is 0.244 e. The SMILES string of the molecule is c1ccc2c(c1)CNC(c1nc(C3CSCCO3)no1)C2. The maximum Gasteiger partial charge on any atom is 0.244 e. The quantitative estimate of drug-likeness (QED) is 0.918. The summed E-state index contributed by atoms with van der Waals surface area (Å²) in [5, 5.41) is 7.57. The van der Waals surface area contributed by atoms with Crippen molar-refractivity contribution in [1.82, 2.24) is 15.5 Å². The molecule has 2 atom stereocenters. The van der Waals surface area contributed by atoms with Crippen LogP contribution in [0.25, 0.3) is 0 Å². The fourth-order valence-corrected chi connectivity index (χ4v) is 3.63. The van der Waals surface area contributed by atoms with Crippen LogP contribution in [0.15, 0.2) is 28.8 Å². The molecular formula is C15H17N3O2S. The number of nitrogens with zero attached hydrogens (tertiary/aromatic N) is 2. The van der Waals surface area contributed by atoms with Gasteiger partial charge in [0, 0.05) is 18.1 Å². The number of benzene rings is 1. The molecule has 3 heterocycles. The van der Waals surface area contributed by atoms with Crippen molar-refractivity contribution >= 4 is 11.8 Å². The number of thioether (sulfide) groups is 1. The largest absolute Gasteiger partial charge is 0.368 e. The second kappa shape index (κ2) is 5.79. The minimum absolute atomic E-state index is 0.0304. The van der Waals surface area contributed by atoms with Crippen molar-refractivity contribution in [2.24, 2.45) is 0 Å². The van der Waals surface area contributed by atoms with Gasteiger partial charge in [0.15, 0.2) is 0 Å². The molecule has 6 heteroatoms. The van der Waals surface area contributed by atoms with Gasteiger partial charge < -0.3 is 14.6 Å². The predicted molar refractivity (Wildman–Crippen MR) is 80.0 cm³/mol. The van der Waals surface area contributed by atoms with Gasteiger partial charge in [0.1, 0.15) is 6.10 Å². The molecule has 110 valence electrons. The van der Waals surface area contributed by atoms with Gasteiger partial charge >= 0.3 is 0 Å². The number of hydrogen-bond donors (Lipinski definition) is 1.